The standard InChI is InChI=1S/C21H24N2O4S2/c1-13-4-6-17(14(2)10-13)23-21(25)15(3)12-29(26,27)16-5-7-19-18(11-16)22-20(24)8-9-28-19/h4-7,10-11,15H,8-9,12H2,1-3H3,(H,22,24)(H,23,25)/t15-/m1/s1. The third kappa shape index (κ3) is 5.19. The van der Waals surface area contributed by atoms with Gasteiger partial charge < -0.3 is 10.6 Å². The zero-order chi connectivity index (χ0) is 21.2. The molecule has 0 unspecified atom stereocenters. The number of amides is 2. The van der Waals surface area contributed by atoms with Crippen LogP contribution in [0.2, 0.25) is 0 Å². The lowest BCUT2D eigenvalue weighted by atomic mass is 10.1. The Morgan fingerprint density at radius 2 is 1.97 bits per heavy atom. The fourth-order valence-corrected chi connectivity index (χ4v) is 5.62. The van der Waals surface area contributed by atoms with E-state index in [4.69, 9.17) is 0 Å². The van der Waals surface area contributed by atoms with Crippen LogP contribution < -0.4 is 10.6 Å². The molecule has 0 aliphatic carbocycles. The number of hydrogen-bond donors (Lipinski definition) is 2. The summed E-state index contributed by atoms with van der Waals surface area (Å²) in [4.78, 5) is 25.3. The second-order valence-corrected chi connectivity index (χ2v) is 10.5. The number of hydrogen-bond acceptors (Lipinski definition) is 5. The average molecular weight is 433 g/mol. The maximum atomic E-state index is 12.9. The minimum Gasteiger partial charge on any atom is -0.326 e. The lowest BCUT2D eigenvalue weighted by molar-refractivity contribution is -0.119. The molecule has 1 heterocycles. The van der Waals surface area contributed by atoms with Crippen LogP contribution in [0.25, 0.3) is 0 Å². The molecule has 2 aromatic carbocycles. The SMILES string of the molecule is Cc1ccc(NC(=O)[C@H](C)CS(=O)(=O)c2ccc3c(c2)NC(=O)CCS3)c(C)c1. The smallest absolute Gasteiger partial charge is 0.228 e. The van der Waals surface area contributed by atoms with Crippen molar-refractivity contribution in [3.8, 4) is 0 Å². The first-order valence-corrected chi connectivity index (χ1v) is 12.0. The fraction of sp³-hybridized carbons (Fsp3) is 0.333. The maximum Gasteiger partial charge on any atom is 0.228 e. The van der Waals surface area contributed by atoms with Crippen molar-refractivity contribution in [2.45, 2.75) is 37.0 Å². The van der Waals surface area contributed by atoms with Crippen molar-refractivity contribution < 1.29 is 18.0 Å². The zero-order valence-corrected chi connectivity index (χ0v) is 18.2. The highest BCUT2D eigenvalue weighted by atomic mass is 32.2. The molecule has 2 aromatic rings. The summed E-state index contributed by atoms with van der Waals surface area (Å²) in [5.74, 6) is -0.876. The Labute approximate surface area is 175 Å². The Bertz CT molecular complexity index is 1060. The quantitative estimate of drug-likeness (QED) is 0.750. The molecule has 0 radical (unpaired) electrons. The zero-order valence-electron chi connectivity index (χ0n) is 16.6. The summed E-state index contributed by atoms with van der Waals surface area (Å²) in [5, 5.41) is 5.56. The molecule has 0 fully saturated rings. The van der Waals surface area contributed by atoms with Gasteiger partial charge in [-0.25, -0.2) is 8.42 Å². The molecule has 1 aliphatic heterocycles. The van der Waals surface area contributed by atoms with Gasteiger partial charge in [-0.1, -0.05) is 24.6 Å². The van der Waals surface area contributed by atoms with E-state index < -0.39 is 15.8 Å². The van der Waals surface area contributed by atoms with Gasteiger partial charge in [-0.05, 0) is 43.7 Å². The lowest BCUT2D eigenvalue weighted by Gasteiger charge is -2.15. The molecule has 0 spiro atoms. The molecular formula is C21H24N2O4S2. The summed E-state index contributed by atoms with van der Waals surface area (Å²) in [6, 6.07) is 10.4. The molecule has 6 nitrogen and oxygen atoms in total. The number of thioether (sulfide) groups is 1. The van der Waals surface area contributed by atoms with Crippen molar-refractivity contribution in [1.82, 2.24) is 0 Å². The molecular weight excluding hydrogens is 408 g/mol. The average Bonchev–Trinajstić information content (AvgIpc) is 2.83. The number of anilines is 2. The predicted molar refractivity (Wildman–Crippen MR) is 116 cm³/mol. The van der Waals surface area contributed by atoms with Crippen molar-refractivity contribution in [3.63, 3.8) is 0 Å². The first-order chi connectivity index (χ1) is 13.7. The molecule has 2 N–H and O–H groups in total. The van der Waals surface area contributed by atoms with Crippen molar-refractivity contribution in [2.75, 3.05) is 22.1 Å². The minimum atomic E-state index is -3.70. The first-order valence-electron chi connectivity index (χ1n) is 9.33. The van der Waals surface area contributed by atoms with Crippen LogP contribution in [0.15, 0.2) is 46.2 Å². The summed E-state index contributed by atoms with van der Waals surface area (Å²) >= 11 is 1.51. The van der Waals surface area contributed by atoms with E-state index in [-0.39, 0.29) is 22.5 Å². The Kier molecular flexibility index (Phi) is 6.33. The number of nitrogens with one attached hydrogen (secondary N) is 2. The lowest BCUT2D eigenvalue weighted by Crippen LogP contribution is -2.27. The highest BCUT2D eigenvalue weighted by Gasteiger charge is 2.25. The van der Waals surface area contributed by atoms with Crippen molar-refractivity contribution >= 4 is 44.8 Å². The topological polar surface area (TPSA) is 92.3 Å². The van der Waals surface area contributed by atoms with Crippen LogP contribution in [0, 0.1) is 19.8 Å². The van der Waals surface area contributed by atoms with E-state index in [2.05, 4.69) is 10.6 Å². The summed E-state index contributed by atoms with van der Waals surface area (Å²) in [6.45, 7) is 5.46. The normalized spacial score (nSPS) is 15.1. The maximum absolute atomic E-state index is 12.9. The summed E-state index contributed by atoms with van der Waals surface area (Å²) in [6.07, 6.45) is 0.386. The van der Waals surface area contributed by atoms with Crippen LogP contribution in [-0.4, -0.2) is 31.7 Å². The summed E-state index contributed by atoms with van der Waals surface area (Å²) in [7, 11) is -3.70. The number of benzene rings is 2. The predicted octanol–water partition coefficient (Wildman–Crippen LogP) is 3.79. The highest BCUT2D eigenvalue weighted by molar-refractivity contribution is 7.99. The van der Waals surface area contributed by atoms with Gasteiger partial charge in [-0.3, -0.25) is 9.59 Å². The number of carbonyl (C=O) groups is 2. The monoisotopic (exact) mass is 432 g/mol. The van der Waals surface area contributed by atoms with Gasteiger partial charge in [0.25, 0.3) is 0 Å². The van der Waals surface area contributed by atoms with Crippen LogP contribution in [0.4, 0.5) is 11.4 Å². The van der Waals surface area contributed by atoms with Gasteiger partial charge in [0, 0.05) is 28.7 Å². The molecule has 1 atom stereocenters. The fourth-order valence-electron chi connectivity index (χ4n) is 3.10. The molecule has 3 rings (SSSR count). The van der Waals surface area contributed by atoms with Gasteiger partial charge in [-0.2, -0.15) is 0 Å². The van der Waals surface area contributed by atoms with Crippen LogP contribution in [0.1, 0.15) is 24.5 Å². The van der Waals surface area contributed by atoms with E-state index in [9.17, 15) is 18.0 Å². The van der Waals surface area contributed by atoms with Crippen LogP contribution in [0.5, 0.6) is 0 Å². The molecule has 0 bridgehead atoms. The third-order valence-corrected chi connectivity index (χ3v) is 7.71. The van der Waals surface area contributed by atoms with Crippen molar-refractivity contribution in [1.29, 1.82) is 0 Å². The summed E-state index contributed by atoms with van der Waals surface area (Å²) in [5.41, 5.74) is 3.19. The van der Waals surface area contributed by atoms with Crippen LogP contribution in [-0.2, 0) is 19.4 Å². The largest absolute Gasteiger partial charge is 0.326 e. The molecule has 0 saturated carbocycles. The number of aryl methyl sites for hydroxylation is 2. The van der Waals surface area contributed by atoms with Gasteiger partial charge in [0.05, 0.1) is 16.3 Å². The van der Waals surface area contributed by atoms with E-state index in [1.54, 1.807) is 13.0 Å². The molecule has 154 valence electrons. The van der Waals surface area contributed by atoms with Crippen molar-refractivity contribution in [2.24, 2.45) is 5.92 Å². The van der Waals surface area contributed by atoms with Gasteiger partial charge >= 0.3 is 0 Å². The second-order valence-electron chi connectivity index (χ2n) is 7.29. The van der Waals surface area contributed by atoms with Gasteiger partial charge in [0.1, 0.15) is 0 Å². The van der Waals surface area contributed by atoms with Gasteiger partial charge in [0.2, 0.25) is 11.8 Å². The van der Waals surface area contributed by atoms with E-state index >= 15 is 0 Å². The molecule has 2 amide bonds. The molecule has 8 heteroatoms. The molecule has 29 heavy (non-hydrogen) atoms. The Morgan fingerprint density at radius 3 is 2.69 bits per heavy atom. The minimum absolute atomic E-state index is 0.102. The van der Waals surface area contributed by atoms with Gasteiger partial charge in [0.15, 0.2) is 9.84 Å². The number of sulfone groups is 1. The number of carbonyl (C=O) groups excluding carboxylic acids is 2. The van der Waals surface area contributed by atoms with Crippen LogP contribution >= 0.6 is 11.8 Å². The number of fused-ring (bicyclic) bond motifs is 1. The summed E-state index contributed by atoms with van der Waals surface area (Å²) < 4.78 is 25.7. The van der Waals surface area contributed by atoms with E-state index in [1.165, 1.54) is 23.9 Å². The molecule has 1 aliphatic rings. The van der Waals surface area contributed by atoms with E-state index in [1.807, 2.05) is 32.0 Å². The second kappa shape index (κ2) is 8.59. The Hall–Kier alpha value is -2.32. The Balaban J connectivity index is 1.74. The van der Waals surface area contributed by atoms with Gasteiger partial charge in [-0.15, -0.1) is 11.8 Å². The van der Waals surface area contributed by atoms with Crippen LogP contribution in [0.3, 0.4) is 0 Å². The van der Waals surface area contributed by atoms with Crippen molar-refractivity contribution in [3.05, 3.63) is 47.5 Å². The number of rotatable bonds is 5. The van der Waals surface area contributed by atoms with E-state index in [0.29, 0.717) is 23.5 Å². The Morgan fingerprint density at radius 1 is 1.21 bits per heavy atom. The third-order valence-electron chi connectivity index (χ3n) is 4.73. The molecule has 0 aromatic heterocycles. The van der Waals surface area contributed by atoms with E-state index in [0.717, 1.165) is 16.0 Å². The highest BCUT2D eigenvalue weighted by Crippen LogP contribution is 2.33. The first kappa shape index (κ1) is 21.4. The molecule has 0 saturated heterocycles.